The van der Waals surface area contributed by atoms with E-state index in [1.807, 2.05) is 0 Å². The van der Waals surface area contributed by atoms with Crippen molar-refractivity contribution in [2.75, 3.05) is 13.1 Å². The van der Waals surface area contributed by atoms with E-state index < -0.39 is 23.9 Å². The molecule has 1 aliphatic carbocycles. The monoisotopic (exact) mass is 464 g/mol. The van der Waals surface area contributed by atoms with Crippen molar-refractivity contribution in [3.63, 3.8) is 0 Å². The van der Waals surface area contributed by atoms with E-state index in [-0.39, 0.29) is 24.3 Å². The molecule has 0 bridgehead atoms. The summed E-state index contributed by atoms with van der Waals surface area (Å²) in [7, 11) is 0. The van der Waals surface area contributed by atoms with Crippen LogP contribution in [0.4, 0.5) is 13.2 Å². The molecule has 32 heavy (non-hydrogen) atoms. The Morgan fingerprint density at radius 2 is 1.91 bits per heavy atom. The van der Waals surface area contributed by atoms with Crippen molar-refractivity contribution >= 4 is 23.1 Å². The first-order valence-electron chi connectivity index (χ1n) is 10.5. The summed E-state index contributed by atoms with van der Waals surface area (Å²) in [4.78, 5) is 15.0. The largest absolute Gasteiger partial charge is 0.431 e. The first-order chi connectivity index (χ1) is 15.2. The number of carbonyl (C=O) groups excluding carboxylic acids is 1. The lowest BCUT2D eigenvalue weighted by Crippen LogP contribution is -2.32. The molecule has 2 aliphatic rings. The number of alkyl halides is 3. The van der Waals surface area contributed by atoms with Gasteiger partial charge in [-0.15, -0.1) is 0 Å². The van der Waals surface area contributed by atoms with Gasteiger partial charge in [0.2, 0.25) is 0 Å². The summed E-state index contributed by atoms with van der Waals surface area (Å²) in [6.45, 7) is 1.76. The van der Waals surface area contributed by atoms with Gasteiger partial charge in [0.15, 0.2) is 0 Å². The number of aliphatic hydroxyl groups is 1. The van der Waals surface area contributed by atoms with Gasteiger partial charge in [-0.25, -0.2) is 0 Å². The zero-order chi connectivity index (χ0) is 23.0. The summed E-state index contributed by atoms with van der Waals surface area (Å²) in [5, 5.41) is 10.5. The van der Waals surface area contributed by atoms with Gasteiger partial charge < -0.3 is 14.6 Å². The number of aliphatic hydroxyl groups excluding tert-OH is 1. The highest BCUT2D eigenvalue weighted by molar-refractivity contribution is 6.30. The zero-order valence-electron chi connectivity index (χ0n) is 17.6. The number of aromatic nitrogens is 1. The normalized spacial score (nSPS) is 19.2. The van der Waals surface area contributed by atoms with Crippen molar-refractivity contribution < 1.29 is 23.1 Å². The first-order valence-corrected chi connectivity index (χ1v) is 10.9. The molecule has 4 nitrogen and oxygen atoms in total. The Labute approximate surface area is 189 Å². The number of β-amino-alcohol motifs (C(OH)–C–C–N with tert-alkyl or cyclic N) is 1. The van der Waals surface area contributed by atoms with Gasteiger partial charge in [-0.1, -0.05) is 48.0 Å². The van der Waals surface area contributed by atoms with E-state index in [1.54, 1.807) is 42.5 Å². The van der Waals surface area contributed by atoms with Crippen LogP contribution in [-0.4, -0.2) is 39.7 Å². The zero-order valence-corrected chi connectivity index (χ0v) is 18.4. The van der Waals surface area contributed by atoms with Gasteiger partial charge >= 0.3 is 6.18 Å². The van der Waals surface area contributed by atoms with Crippen LogP contribution in [0.2, 0.25) is 0 Å². The van der Waals surface area contributed by atoms with Gasteiger partial charge in [0.1, 0.15) is 11.4 Å². The highest BCUT2D eigenvalue weighted by Crippen LogP contribution is 2.42. The minimum absolute atomic E-state index is 0.0189. The number of halogens is 4. The van der Waals surface area contributed by atoms with Crippen LogP contribution >= 0.6 is 11.6 Å². The molecular weight excluding hydrogens is 441 g/mol. The Bertz CT molecular complexity index is 1090. The molecule has 1 unspecified atom stereocenters. The van der Waals surface area contributed by atoms with E-state index in [4.69, 9.17) is 11.6 Å². The van der Waals surface area contributed by atoms with Crippen molar-refractivity contribution in [1.82, 2.24) is 9.47 Å². The molecule has 1 fully saturated rings. The molecular formula is C24H24ClF3N2O2. The topological polar surface area (TPSA) is 45.5 Å². The van der Waals surface area contributed by atoms with Crippen LogP contribution in [-0.2, 0) is 12.7 Å². The van der Waals surface area contributed by atoms with Crippen LogP contribution in [0.25, 0.3) is 5.57 Å². The fraction of sp³-hybridized carbons (Fsp3) is 0.375. The SMILES string of the molecule is Cc1c(C2=CC=C(Cl)CC2)c(C(=O)N2CCC(O)C2)n(Cc2ccccc2)c1C(F)(F)F. The lowest BCUT2D eigenvalue weighted by molar-refractivity contribution is -0.143. The number of carbonyl (C=O) groups is 1. The summed E-state index contributed by atoms with van der Waals surface area (Å²) in [6, 6.07) is 8.79. The number of amides is 1. The quantitative estimate of drug-likeness (QED) is 0.661. The molecule has 1 aliphatic heterocycles. The Balaban J connectivity index is 1.95. The van der Waals surface area contributed by atoms with Gasteiger partial charge in [-0.2, -0.15) is 13.2 Å². The summed E-state index contributed by atoms with van der Waals surface area (Å²) in [5.74, 6) is -0.493. The molecule has 0 radical (unpaired) electrons. The molecule has 4 rings (SSSR count). The Hall–Kier alpha value is -2.51. The Kier molecular flexibility index (Phi) is 6.23. The van der Waals surface area contributed by atoms with Crippen molar-refractivity contribution in [2.45, 2.75) is 45.0 Å². The van der Waals surface area contributed by atoms with Crippen molar-refractivity contribution in [1.29, 1.82) is 0 Å². The predicted molar refractivity (Wildman–Crippen MR) is 117 cm³/mol. The highest BCUT2D eigenvalue weighted by atomic mass is 35.5. The van der Waals surface area contributed by atoms with E-state index in [2.05, 4.69) is 0 Å². The van der Waals surface area contributed by atoms with E-state index in [0.717, 1.165) is 4.57 Å². The van der Waals surface area contributed by atoms with Crippen molar-refractivity contribution in [2.24, 2.45) is 0 Å². The van der Waals surface area contributed by atoms with Gasteiger partial charge in [0.05, 0.1) is 6.10 Å². The van der Waals surface area contributed by atoms with Crippen molar-refractivity contribution in [3.05, 3.63) is 75.6 Å². The molecule has 0 saturated carbocycles. The molecule has 2 aromatic rings. The maximum atomic E-state index is 14.3. The van der Waals surface area contributed by atoms with Crippen LogP contribution in [0.3, 0.4) is 0 Å². The van der Waals surface area contributed by atoms with Crippen molar-refractivity contribution in [3.8, 4) is 0 Å². The predicted octanol–water partition coefficient (Wildman–Crippen LogP) is 5.37. The summed E-state index contributed by atoms with van der Waals surface area (Å²) in [6.07, 6.45) is -0.559. The first kappa shape index (κ1) is 22.7. The van der Waals surface area contributed by atoms with Crippen LogP contribution in [0, 0.1) is 6.92 Å². The third kappa shape index (κ3) is 4.36. The third-order valence-electron chi connectivity index (χ3n) is 6.03. The van der Waals surface area contributed by atoms with Gasteiger partial charge in [0, 0.05) is 30.2 Å². The molecule has 0 spiro atoms. The summed E-state index contributed by atoms with van der Waals surface area (Å²) in [5.41, 5.74) is 0.878. The minimum atomic E-state index is -4.64. The summed E-state index contributed by atoms with van der Waals surface area (Å²) >= 11 is 6.08. The second kappa shape index (κ2) is 8.79. The average Bonchev–Trinajstić information content (AvgIpc) is 3.30. The number of likely N-dealkylation sites (tertiary alicyclic amines) is 1. The Morgan fingerprint density at radius 3 is 2.47 bits per heavy atom. The Morgan fingerprint density at radius 1 is 1.19 bits per heavy atom. The number of rotatable bonds is 4. The molecule has 1 saturated heterocycles. The number of benzene rings is 1. The van der Waals surface area contributed by atoms with Gasteiger partial charge in [0.25, 0.3) is 5.91 Å². The molecule has 1 aromatic carbocycles. The van der Waals surface area contributed by atoms with E-state index in [0.29, 0.717) is 47.5 Å². The second-order valence-electron chi connectivity index (χ2n) is 8.27. The second-order valence-corrected chi connectivity index (χ2v) is 8.75. The fourth-order valence-electron chi connectivity index (χ4n) is 4.55. The van der Waals surface area contributed by atoms with Gasteiger partial charge in [-0.05, 0) is 49.0 Å². The van der Waals surface area contributed by atoms with E-state index in [9.17, 15) is 23.1 Å². The maximum Gasteiger partial charge on any atom is 0.431 e. The number of nitrogens with zero attached hydrogens (tertiary/aromatic N) is 2. The van der Waals surface area contributed by atoms with Gasteiger partial charge in [-0.3, -0.25) is 4.79 Å². The van der Waals surface area contributed by atoms with E-state index in [1.165, 1.54) is 11.8 Å². The lowest BCUT2D eigenvalue weighted by Gasteiger charge is -2.21. The molecule has 1 aromatic heterocycles. The van der Waals surface area contributed by atoms with Crippen LogP contribution < -0.4 is 0 Å². The molecule has 2 heterocycles. The standard InChI is InChI=1S/C24H24ClF3N2O2/c1-15-20(17-7-9-18(25)10-8-17)21(23(32)29-12-11-19(31)14-29)30(22(15)24(26,27)28)13-16-5-3-2-4-6-16/h2-7,9,19,31H,8,10-14H2,1H3. The number of hydrogen-bond donors (Lipinski definition) is 1. The third-order valence-corrected chi connectivity index (χ3v) is 6.35. The smallest absolute Gasteiger partial charge is 0.391 e. The molecule has 170 valence electrons. The summed E-state index contributed by atoms with van der Waals surface area (Å²) < 4.78 is 44.0. The molecule has 8 heteroatoms. The highest BCUT2D eigenvalue weighted by Gasteiger charge is 2.42. The maximum absolute atomic E-state index is 14.3. The minimum Gasteiger partial charge on any atom is -0.391 e. The lowest BCUT2D eigenvalue weighted by atomic mass is 9.93. The number of allylic oxidation sites excluding steroid dienone is 4. The van der Waals surface area contributed by atoms with Crippen LogP contribution in [0.5, 0.6) is 0 Å². The van der Waals surface area contributed by atoms with Crippen LogP contribution in [0.15, 0.2) is 47.5 Å². The molecule has 1 amide bonds. The van der Waals surface area contributed by atoms with Crippen LogP contribution in [0.1, 0.15) is 52.1 Å². The number of hydrogen-bond acceptors (Lipinski definition) is 2. The average molecular weight is 465 g/mol. The fourth-order valence-corrected chi connectivity index (χ4v) is 4.70. The van der Waals surface area contributed by atoms with E-state index >= 15 is 0 Å². The molecule has 1 atom stereocenters. The molecule has 1 N–H and O–H groups in total.